The van der Waals surface area contributed by atoms with E-state index in [9.17, 15) is 9.59 Å². The first-order chi connectivity index (χ1) is 15.6. The molecule has 8 heteroatoms. The number of carbonyl (C=O) groups is 2. The Morgan fingerprint density at radius 1 is 0.938 bits per heavy atom. The fourth-order valence-corrected chi connectivity index (χ4v) is 2.81. The minimum atomic E-state index is -0.198. The van der Waals surface area contributed by atoms with Gasteiger partial charge >= 0.3 is 0 Å². The summed E-state index contributed by atoms with van der Waals surface area (Å²) in [5, 5.41) is 8.65. The van der Waals surface area contributed by atoms with Crippen LogP contribution in [0.15, 0.2) is 71.3 Å². The number of ether oxygens (including phenoxy) is 2. The van der Waals surface area contributed by atoms with E-state index in [4.69, 9.17) is 13.9 Å². The number of hydrogen-bond acceptors (Lipinski definition) is 6. The van der Waals surface area contributed by atoms with E-state index in [1.165, 1.54) is 0 Å². The quantitative estimate of drug-likeness (QED) is 0.374. The van der Waals surface area contributed by atoms with Gasteiger partial charge in [-0.2, -0.15) is 0 Å². The van der Waals surface area contributed by atoms with Gasteiger partial charge in [-0.15, -0.1) is 0 Å². The second-order valence-corrected chi connectivity index (χ2v) is 6.81. The van der Waals surface area contributed by atoms with E-state index in [2.05, 4.69) is 16.0 Å². The van der Waals surface area contributed by atoms with Gasteiger partial charge in [0, 0.05) is 23.5 Å². The van der Waals surface area contributed by atoms with E-state index in [0.29, 0.717) is 49.1 Å². The van der Waals surface area contributed by atoms with Crippen LogP contribution in [0.2, 0.25) is 0 Å². The standard InChI is InChI=1S/C24H27N3O5/c1-2-30-14-15-32-21-11-9-20(10-12-21)27-23(28)17-25-19-7-5-18(6-8-19)24(29)26-16-22-4-3-13-31-22/h3-13,25H,2,14-17H2,1H3,(H,26,29)(H,27,28). The molecule has 0 unspecified atom stereocenters. The molecular weight excluding hydrogens is 410 g/mol. The number of carbonyl (C=O) groups excluding carboxylic acids is 2. The second kappa shape index (κ2) is 12.2. The number of hydrogen-bond donors (Lipinski definition) is 3. The van der Waals surface area contributed by atoms with Crippen molar-refractivity contribution < 1.29 is 23.5 Å². The summed E-state index contributed by atoms with van der Waals surface area (Å²) in [5.41, 5.74) is 1.94. The lowest BCUT2D eigenvalue weighted by atomic mass is 10.2. The summed E-state index contributed by atoms with van der Waals surface area (Å²) < 4.78 is 16.0. The Balaban J connectivity index is 1.39. The topological polar surface area (TPSA) is 102 Å². The van der Waals surface area contributed by atoms with Gasteiger partial charge in [0.1, 0.15) is 18.1 Å². The van der Waals surface area contributed by atoms with Crippen LogP contribution in [0.4, 0.5) is 11.4 Å². The second-order valence-electron chi connectivity index (χ2n) is 6.81. The number of nitrogens with one attached hydrogen (secondary N) is 3. The van der Waals surface area contributed by atoms with Crippen molar-refractivity contribution >= 4 is 23.2 Å². The molecule has 0 atom stereocenters. The molecule has 2 aromatic carbocycles. The molecule has 168 valence electrons. The Kier molecular flexibility index (Phi) is 8.70. The molecule has 2 amide bonds. The van der Waals surface area contributed by atoms with E-state index in [0.717, 1.165) is 5.69 Å². The van der Waals surface area contributed by atoms with Crippen molar-refractivity contribution in [1.29, 1.82) is 0 Å². The van der Waals surface area contributed by atoms with Gasteiger partial charge in [0.05, 0.1) is 26.0 Å². The summed E-state index contributed by atoms with van der Waals surface area (Å²) in [5.74, 6) is 1.02. The normalized spacial score (nSPS) is 10.4. The van der Waals surface area contributed by atoms with Crippen LogP contribution in [0, 0.1) is 0 Å². The average molecular weight is 437 g/mol. The highest BCUT2D eigenvalue weighted by molar-refractivity contribution is 5.95. The molecule has 0 bridgehead atoms. The average Bonchev–Trinajstić information content (AvgIpc) is 3.34. The first-order valence-corrected chi connectivity index (χ1v) is 10.4. The number of furan rings is 1. The highest BCUT2D eigenvalue weighted by atomic mass is 16.5. The van der Waals surface area contributed by atoms with Crippen molar-refractivity contribution in [3.05, 3.63) is 78.3 Å². The molecule has 0 saturated carbocycles. The van der Waals surface area contributed by atoms with E-state index >= 15 is 0 Å². The van der Waals surface area contributed by atoms with Gasteiger partial charge in [-0.3, -0.25) is 9.59 Å². The lowest BCUT2D eigenvalue weighted by Gasteiger charge is -2.10. The van der Waals surface area contributed by atoms with Crippen molar-refractivity contribution in [1.82, 2.24) is 5.32 Å². The minimum absolute atomic E-state index is 0.0939. The Bertz CT molecular complexity index is 970. The Morgan fingerprint density at radius 2 is 1.69 bits per heavy atom. The number of anilines is 2. The van der Waals surface area contributed by atoms with Crippen LogP contribution in [0.1, 0.15) is 23.0 Å². The largest absolute Gasteiger partial charge is 0.491 e. The fourth-order valence-electron chi connectivity index (χ4n) is 2.81. The third-order valence-electron chi connectivity index (χ3n) is 4.44. The molecule has 0 aliphatic carbocycles. The smallest absolute Gasteiger partial charge is 0.251 e. The van der Waals surface area contributed by atoms with E-state index in [1.807, 2.05) is 6.92 Å². The van der Waals surface area contributed by atoms with Gasteiger partial charge in [-0.05, 0) is 67.6 Å². The van der Waals surface area contributed by atoms with E-state index in [1.54, 1.807) is 66.9 Å². The van der Waals surface area contributed by atoms with Crippen molar-refractivity contribution in [2.45, 2.75) is 13.5 Å². The summed E-state index contributed by atoms with van der Waals surface area (Å²) in [4.78, 5) is 24.4. The summed E-state index contributed by atoms with van der Waals surface area (Å²) in [6, 6.07) is 17.6. The first kappa shape index (κ1) is 22.9. The van der Waals surface area contributed by atoms with Crippen LogP contribution >= 0.6 is 0 Å². The van der Waals surface area contributed by atoms with E-state index < -0.39 is 0 Å². The van der Waals surface area contributed by atoms with Gasteiger partial charge < -0.3 is 29.8 Å². The zero-order valence-corrected chi connectivity index (χ0v) is 17.9. The molecule has 0 fully saturated rings. The molecular formula is C24H27N3O5. The Morgan fingerprint density at radius 3 is 2.38 bits per heavy atom. The molecule has 1 heterocycles. The van der Waals surface area contributed by atoms with Gasteiger partial charge in [-0.1, -0.05) is 0 Å². The van der Waals surface area contributed by atoms with Crippen molar-refractivity contribution in [2.75, 3.05) is 37.0 Å². The van der Waals surface area contributed by atoms with Gasteiger partial charge in [0.15, 0.2) is 0 Å². The van der Waals surface area contributed by atoms with Crippen molar-refractivity contribution in [3.63, 3.8) is 0 Å². The van der Waals surface area contributed by atoms with Crippen LogP contribution < -0.4 is 20.7 Å². The summed E-state index contributed by atoms with van der Waals surface area (Å²) in [6.45, 7) is 4.04. The maximum Gasteiger partial charge on any atom is 0.251 e. The molecule has 0 radical (unpaired) electrons. The molecule has 1 aromatic heterocycles. The molecule has 0 saturated heterocycles. The SMILES string of the molecule is CCOCCOc1ccc(NC(=O)CNc2ccc(C(=O)NCc3ccco3)cc2)cc1. The molecule has 0 spiro atoms. The number of benzene rings is 2. The number of rotatable bonds is 12. The molecule has 32 heavy (non-hydrogen) atoms. The third kappa shape index (κ3) is 7.48. The Labute approximate surface area is 186 Å². The van der Waals surface area contributed by atoms with Crippen LogP contribution in [0.25, 0.3) is 0 Å². The maximum absolute atomic E-state index is 12.2. The molecule has 3 rings (SSSR count). The molecule has 0 aliphatic rings. The summed E-state index contributed by atoms with van der Waals surface area (Å²) in [6.07, 6.45) is 1.56. The van der Waals surface area contributed by atoms with Crippen molar-refractivity contribution in [2.24, 2.45) is 0 Å². The van der Waals surface area contributed by atoms with Crippen LogP contribution in [0.3, 0.4) is 0 Å². The lowest BCUT2D eigenvalue weighted by Crippen LogP contribution is -2.23. The minimum Gasteiger partial charge on any atom is -0.491 e. The summed E-state index contributed by atoms with van der Waals surface area (Å²) in [7, 11) is 0. The molecule has 3 aromatic rings. The summed E-state index contributed by atoms with van der Waals surface area (Å²) >= 11 is 0. The van der Waals surface area contributed by atoms with Crippen LogP contribution in [-0.2, 0) is 16.1 Å². The zero-order valence-electron chi connectivity index (χ0n) is 17.9. The predicted molar refractivity (Wildman–Crippen MR) is 122 cm³/mol. The fraction of sp³-hybridized carbons (Fsp3) is 0.250. The third-order valence-corrected chi connectivity index (χ3v) is 4.44. The monoisotopic (exact) mass is 437 g/mol. The molecule has 3 N–H and O–H groups in total. The highest BCUT2D eigenvalue weighted by Gasteiger charge is 2.07. The van der Waals surface area contributed by atoms with Crippen LogP contribution in [-0.4, -0.2) is 38.2 Å². The number of amides is 2. The molecule has 8 nitrogen and oxygen atoms in total. The van der Waals surface area contributed by atoms with Gasteiger partial charge in [-0.25, -0.2) is 0 Å². The highest BCUT2D eigenvalue weighted by Crippen LogP contribution is 2.16. The van der Waals surface area contributed by atoms with Crippen molar-refractivity contribution in [3.8, 4) is 5.75 Å². The molecule has 0 aliphatic heterocycles. The Hall–Kier alpha value is -3.78. The van der Waals surface area contributed by atoms with Gasteiger partial charge in [0.25, 0.3) is 5.91 Å². The maximum atomic E-state index is 12.2. The zero-order chi connectivity index (χ0) is 22.6. The van der Waals surface area contributed by atoms with E-state index in [-0.39, 0.29) is 18.4 Å². The lowest BCUT2D eigenvalue weighted by molar-refractivity contribution is -0.114. The first-order valence-electron chi connectivity index (χ1n) is 10.4. The van der Waals surface area contributed by atoms with Gasteiger partial charge in [0.2, 0.25) is 5.91 Å². The van der Waals surface area contributed by atoms with Crippen LogP contribution in [0.5, 0.6) is 5.75 Å². The predicted octanol–water partition coefficient (Wildman–Crippen LogP) is 3.68.